The van der Waals surface area contributed by atoms with E-state index in [-0.39, 0.29) is 5.91 Å². The summed E-state index contributed by atoms with van der Waals surface area (Å²) in [6.07, 6.45) is 1.15. The van der Waals surface area contributed by atoms with E-state index < -0.39 is 0 Å². The maximum absolute atomic E-state index is 12.3. The van der Waals surface area contributed by atoms with Crippen molar-refractivity contribution in [3.8, 4) is 11.5 Å². The Kier molecular flexibility index (Phi) is 4.94. The van der Waals surface area contributed by atoms with Crippen molar-refractivity contribution in [3.63, 3.8) is 0 Å². The molecule has 4 rings (SSSR count). The highest BCUT2D eigenvalue weighted by atomic mass is 16.3. The van der Waals surface area contributed by atoms with Crippen LogP contribution in [0.25, 0.3) is 22.6 Å². The van der Waals surface area contributed by atoms with Gasteiger partial charge in [0.15, 0.2) is 5.58 Å². The molecule has 1 amide bonds. The van der Waals surface area contributed by atoms with Crippen molar-refractivity contribution in [1.82, 2.24) is 4.98 Å². The average molecular weight is 370 g/mol. The summed E-state index contributed by atoms with van der Waals surface area (Å²) in [5, 5.41) is 2.95. The zero-order chi connectivity index (χ0) is 19.5. The molecule has 0 aliphatic rings. The van der Waals surface area contributed by atoms with Gasteiger partial charge < -0.3 is 9.73 Å². The molecule has 1 aromatic heterocycles. The number of hydrogen-bond donors (Lipinski definition) is 1. The highest BCUT2D eigenvalue weighted by Crippen LogP contribution is 2.27. The molecule has 0 atom stereocenters. The van der Waals surface area contributed by atoms with Crippen molar-refractivity contribution in [2.24, 2.45) is 0 Å². The Hall–Kier alpha value is -3.40. The van der Waals surface area contributed by atoms with Crippen molar-refractivity contribution >= 4 is 22.7 Å². The lowest BCUT2D eigenvalue weighted by atomic mass is 10.1. The number of nitrogens with zero attached hydrogens (tertiary/aromatic N) is 1. The minimum atomic E-state index is -0.0154. The molecule has 0 aliphatic heterocycles. The molecule has 0 bridgehead atoms. The summed E-state index contributed by atoms with van der Waals surface area (Å²) in [6, 6.07) is 21.9. The first-order chi connectivity index (χ1) is 13.6. The lowest BCUT2D eigenvalue weighted by Gasteiger charge is -2.05. The normalized spacial score (nSPS) is 10.9. The highest BCUT2D eigenvalue weighted by Gasteiger charge is 2.10. The Morgan fingerprint density at radius 3 is 2.57 bits per heavy atom. The lowest BCUT2D eigenvalue weighted by Crippen LogP contribution is -2.12. The van der Waals surface area contributed by atoms with E-state index in [1.165, 1.54) is 5.56 Å². The van der Waals surface area contributed by atoms with Crippen LogP contribution in [0.4, 0.5) is 5.69 Å². The maximum atomic E-state index is 12.3. The van der Waals surface area contributed by atoms with Crippen LogP contribution in [0.5, 0.6) is 0 Å². The Balaban J connectivity index is 1.45. The number of fused-ring (bicyclic) bond motifs is 1. The molecule has 0 saturated heterocycles. The summed E-state index contributed by atoms with van der Waals surface area (Å²) in [6.45, 7) is 4.09. The third-order valence-electron chi connectivity index (χ3n) is 4.70. The molecule has 0 fully saturated rings. The second-order valence-corrected chi connectivity index (χ2v) is 7.10. The molecule has 140 valence electrons. The van der Waals surface area contributed by atoms with Crippen LogP contribution in [-0.4, -0.2) is 10.9 Å². The van der Waals surface area contributed by atoms with Crippen LogP contribution in [0, 0.1) is 13.8 Å². The van der Waals surface area contributed by atoms with Crippen LogP contribution in [0.2, 0.25) is 0 Å². The van der Waals surface area contributed by atoms with Gasteiger partial charge in [0.2, 0.25) is 11.8 Å². The van der Waals surface area contributed by atoms with Crippen LogP contribution < -0.4 is 5.32 Å². The molecular weight excluding hydrogens is 348 g/mol. The van der Waals surface area contributed by atoms with Crippen LogP contribution >= 0.6 is 0 Å². The average Bonchev–Trinajstić information content (AvgIpc) is 3.11. The van der Waals surface area contributed by atoms with Gasteiger partial charge in [-0.25, -0.2) is 4.98 Å². The van der Waals surface area contributed by atoms with Crippen molar-refractivity contribution in [2.75, 3.05) is 5.32 Å². The van der Waals surface area contributed by atoms with Gasteiger partial charge in [0.25, 0.3) is 0 Å². The first kappa shape index (κ1) is 18.0. The SMILES string of the molecule is Cc1ccc(CCC(=O)Nc2ccc3nc(-c4cccc(C)c4)oc3c2)cc1. The predicted molar refractivity (Wildman–Crippen MR) is 112 cm³/mol. The largest absolute Gasteiger partial charge is 0.436 e. The maximum Gasteiger partial charge on any atom is 0.227 e. The monoisotopic (exact) mass is 370 g/mol. The molecule has 3 aromatic carbocycles. The number of anilines is 1. The molecule has 4 heteroatoms. The number of benzene rings is 3. The van der Waals surface area contributed by atoms with Crippen LogP contribution in [0.1, 0.15) is 23.1 Å². The molecule has 4 aromatic rings. The van der Waals surface area contributed by atoms with Gasteiger partial charge in [0.1, 0.15) is 5.52 Å². The van der Waals surface area contributed by atoms with E-state index in [1.807, 2.05) is 49.4 Å². The molecule has 0 saturated carbocycles. The van der Waals surface area contributed by atoms with Crippen molar-refractivity contribution in [2.45, 2.75) is 26.7 Å². The number of aromatic nitrogens is 1. The smallest absolute Gasteiger partial charge is 0.227 e. The number of nitrogens with one attached hydrogen (secondary N) is 1. The molecule has 0 spiro atoms. The van der Waals surface area contributed by atoms with E-state index in [0.29, 0.717) is 30.0 Å². The highest BCUT2D eigenvalue weighted by molar-refractivity contribution is 5.93. The quantitative estimate of drug-likeness (QED) is 0.491. The Morgan fingerprint density at radius 2 is 1.79 bits per heavy atom. The molecule has 0 radical (unpaired) electrons. The Morgan fingerprint density at radius 1 is 0.964 bits per heavy atom. The summed E-state index contributed by atoms with van der Waals surface area (Å²) in [5.41, 5.74) is 6.63. The number of carbonyl (C=O) groups is 1. The fourth-order valence-corrected chi connectivity index (χ4v) is 3.14. The molecule has 0 unspecified atom stereocenters. The third-order valence-corrected chi connectivity index (χ3v) is 4.70. The predicted octanol–water partition coefficient (Wildman–Crippen LogP) is 5.68. The summed E-state index contributed by atoms with van der Waals surface area (Å²) in [4.78, 5) is 16.8. The molecule has 1 heterocycles. The summed E-state index contributed by atoms with van der Waals surface area (Å²) in [5.74, 6) is 0.569. The van der Waals surface area contributed by atoms with E-state index in [2.05, 4.69) is 41.5 Å². The van der Waals surface area contributed by atoms with Gasteiger partial charge in [0, 0.05) is 23.7 Å². The van der Waals surface area contributed by atoms with Gasteiger partial charge in [-0.05, 0) is 50.1 Å². The van der Waals surface area contributed by atoms with Gasteiger partial charge in [0.05, 0.1) is 0 Å². The van der Waals surface area contributed by atoms with E-state index >= 15 is 0 Å². The first-order valence-corrected chi connectivity index (χ1v) is 9.40. The number of aryl methyl sites for hydroxylation is 3. The topological polar surface area (TPSA) is 55.1 Å². The summed E-state index contributed by atoms with van der Waals surface area (Å²) >= 11 is 0. The van der Waals surface area contributed by atoms with Crippen molar-refractivity contribution < 1.29 is 9.21 Å². The number of hydrogen-bond acceptors (Lipinski definition) is 3. The molecule has 1 N–H and O–H groups in total. The standard InChI is InChI=1S/C24H22N2O2/c1-16-6-8-18(9-7-16)10-13-23(27)25-20-11-12-21-22(15-20)28-24(26-21)19-5-3-4-17(2)14-19/h3-9,11-12,14-15H,10,13H2,1-2H3,(H,25,27). The Bertz CT molecular complexity index is 1130. The summed E-state index contributed by atoms with van der Waals surface area (Å²) < 4.78 is 5.91. The van der Waals surface area contributed by atoms with Crippen LogP contribution in [0.3, 0.4) is 0 Å². The van der Waals surface area contributed by atoms with E-state index in [4.69, 9.17) is 4.42 Å². The molecule has 0 aliphatic carbocycles. The molecular formula is C24H22N2O2. The summed E-state index contributed by atoms with van der Waals surface area (Å²) in [7, 11) is 0. The number of rotatable bonds is 5. The fraction of sp³-hybridized carbons (Fsp3) is 0.167. The van der Waals surface area contributed by atoms with Crippen LogP contribution in [0.15, 0.2) is 71.1 Å². The van der Waals surface area contributed by atoms with Gasteiger partial charge in [-0.2, -0.15) is 0 Å². The number of carbonyl (C=O) groups excluding carboxylic acids is 1. The second-order valence-electron chi connectivity index (χ2n) is 7.10. The minimum Gasteiger partial charge on any atom is -0.436 e. The van der Waals surface area contributed by atoms with E-state index in [1.54, 1.807) is 0 Å². The minimum absolute atomic E-state index is 0.0154. The van der Waals surface area contributed by atoms with Crippen LogP contribution in [-0.2, 0) is 11.2 Å². The zero-order valence-electron chi connectivity index (χ0n) is 16.0. The van der Waals surface area contributed by atoms with E-state index in [9.17, 15) is 4.79 Å². The lowest BCUT2D eigenvalue weighted by molar-refractivity contribution is -0.116. The second kappa shape index (κ2) is 7.69. The molecule has 4 nitrogen and oxygen atoms in total. The fourth-order valence-electron chi connectivity index (χ4n) is 3.14. The van der Waals surface area contributed by atoms with Gasteiger partial charge in [-0.1, -0.05) is 47.5 Å². The third kappa shape index (κ3) is 4.12. The Labute approximate surface area is 164 Å². The first-order valence-electron chi connectivity index (χ1n) is 9.40. The van der Waals surface area contributed by atoms with Gasteiger partial charge in [-0.15, -0.1) is 0 Å². The number of amides is 1. The number of oxazole rings is 1. The zero-order valence-corrected chi connectivity index (χ0v) is 16.0. The van der Waals surface area contributed by atoms with Gasteiger partial charge in [-0.3, -0.25) is 4.79 Å². The molecule has 28 heavy (non-hydrogen) atoms. The van der Waals surface area contributed by atoms with Gasteiger partial charge >= 0.3 is 0 Å². The van der Waals surface area contributed by atoms with E-state index in [0.717, 1.165) is 22.2 Å². The van der Waals surface area contributed by atoms with Crippen molar-refractivity contribution in [1.29, 1.82) is 0 Å². The van der Waals surface area contributed by atoms with Crippen molar-refractivity contribution in [3.05, 3.63) is 83.4 Å².